The van der Waals surface area contributed by atoms with E-state index in [-0.39, 0.29) is 28.9 Å². The first-order valence-electron chi connectivity index (χ1n) is 11.8. The first-order chi connectivity index (χ1) is 16.1. The van der Waals surface area contributed by atoms with Crippen molar-refractivity contribution in [2.24, 2.45) is 0 Å². The Kier molecular flexibility index (Phi) is 4.83. The van der Waals surface area contributed by atoms with Crippen molar-refractivity contribution in [3.63, 3.8) is 0 Å². The molecule has 6 heterocycles. The molecule has 3 fully saturated rings. The van der Waals surface area contributed by atoms with Crippen molar-refractivity contribution in [3.05, 3.63) is 28.4 Å². The van der Waals surface area contributed by atoms with E-state index >= 15 is 4.39 Å². The second-order valence-corrected chi connectivity index (χ2v) is 11.3. The highest BCUT2D eigenvalue weighted by molar-refractivity contribution is 6.30. The van der Waals surface area contributed by atoms with Gasteiger partial charge >= 0.3 is 6.09 Å². The average Bonchev–Trinajstić information content (AvgIpc) is 3.18. The molecular formula is C24H29ClFN5O3. The smallest absolute Gasteiger partial charge is 0.410 e. The lowest BCUT2D eigenvalue weighted by atomic mass is 9.91. The molecule has 2 aromatic heterocycles. The number of pyridine rings is 2. The summed E-state index contributed by atoms with van der Waals surface area (Å²) in [6, 6.07) is 0.0416. The van der Waals surface area contributed by atoms with Crippen LogP contribution >= 0.6 is 11.6 Å². The maximum atomic E-state index is 15.4. The average molecular weight is 490 g/mol. The maximum absolute atomic E-state index is 15.4. The van der Waals surface area contributed by atoms with Crippen molar-refractivity contribution in [3.8, 4) is 0 Å². The predicted molar refractivity (Wildman–Crippen MR) is 126 cm³/mol. The molecule has 6 rings (SSSR count). The van der Waals surface area contributed by atoms with Crippen molar-refractivity contribution >= 4 is 34.3 Å². The van der Waals surface area contributed by atoms with E-state index in [0.717, 1.165) is 24.1 Å². The number of ether oxygens (including phenoxy) is 2. The van der Waals surface area contributed by atoms with Gasteiger partial charge in [-0.15, -0.1) is 0 Å². The summed E-state index contributed by atoms with van der Waals surface area (Å²) < 4.78 is 26.7. The first kappa shape index (κ1) is 22.2. The van der Waals surface area contributed by atoms with Gasteiger partial charge in [-0.05, 0) is 40.7 Å². The zero-order valence-electron chi connectivity index (χ0n) is 19.9. The molecule has 2 bridgehead atoms. The summed E-state index contributed by atoms with van der Waals surface area (Å²) in [5.41, 5.74) is 0.852. The van der Waals surface area contributed by atoms with Crippen LogP contribution in [0, 0.1) is 5.82 Å². The Labute approximate surface area is 203 Å². The number of nitrogens with zero attached hydrogens (tertiary/aromatic N) is 5. The highest BCUT2D eigenvalue weighted by Gasteiger charge is 2.52. The van der Waals surface area contributed by atoms with Crippen molar-refractivity contribution in [2.75, 3.05) is 38.3 Å². The second kappa shape index (κ2) is 7.38. The summed E-state index contributed by atoms with van der Waals surface area (Å²) in [6.45, 7) is 8.52. The van der Waals surface area contributed by atoms with Gasteiger partial charge in [0.05, 0.1) is 31.0 Å². The zero-order chi connectivity index (χ0) is 24.0. The van der Waals surface area contributed by atoms with E-state index < -0.39 is 11.4 Å². The first-order valence-corrected chi connectivity index (χ1v) is 12.2. The number of halogens is 2. The molecule has 2 aromatic rings. The highest BCUT2D eigenvalue weighted by atomic mass is 35.5. The van der Waals surface area contributed by atoms with Gasteiger partial charge in [-0.25, -0.2) is 19.2 Å². The Balaban J connectivity index is 1.42. The van der Waals surface area contributed by atoms with Gasteiger partial charge in [0, 0.05) is 42.2 Å². The molecule has 0 radical (unpaired) electrons. The van der Waals surface area contributed by atoms with E-state index in [0.29, 0.717) is 49.4 Å². The van der Waals surface area contributed by atoms with Gasteiger partial charge in [-0.1, -0.05) is 11.6 Å². The molecule has 1 spiro atoms. The number of likely N-dealkylation sites (N-methyl/N-ethyl adjacent to an activating group) is 1. The lowest BCUT2D eigenvalue weighted by Crippen LogP contribution is -2.57. The summed E-state index contributed by atoms with van der Waals surface area (Å²) in [5.74, 6) is 0.208. The highest BCUT2D eigenvalue weighted by Crippen LogP contribution is 2.48. The lowest BCUT2D eigenvalue weighted by molar-refractivity contribution is -0.133. The molecule has 0 N–H and O–H groups in total. The van der Waals surface area contributed by atoms with Gasteiger partial charge in [0.2, 0.25) is 0 Å². The molecular weight excluding hydrogens is 461 g/mol. The molecule has 34 heavy (non-hydrogen) atoms. The molecule has 0 saturated carbocycles. The Morgan fingerprint density at radius 3 is 2.53 bits per heavy atom. The fourth-order valence-electron chi connectivity index (χ4n) is 5.97. The van der Waals surface area contributed by atoms with E-state index in [1.165, 1.54) is 0 Å². The normalized spacial score (nSPS) is 25.7. The van der Waals surface area contributed by atoms with Crippen LogP contribution in [0.2, 0.25) is 5.15 Å². The minimum atomic E-state index is -0.543. The molecule has 0 aliphatic carbocycles. The number of amides is 1. The van der Waals surface area contributed by atoms with Gasteiger partial charge in [0.25, 0.3) is 0 Å². The summed E-state index contributed by atoms with van der Waals surface area (Å²) in [5, 5.41) is 1.03. The van der Waals surface area contributed by atoms with E-state index in [2.05, 4.69) is 14.8 Å². The standard InChI is InChI=1S/C24H29ClFN5O3/c1-23(2,3)34-22(32)31-13-5-6-14(31)9-30(8-13)21-15-7-27-20(25)18(26)17(15)16-10-29(4)24(11-33-12-24)19(16)28-21/h7,13-14H,5-6,8-12H2,1-4H3. The fraction of sp³-hybridized carbons (Fsp3) is 0.625. The van der Waals surface area contributed by atoms with Gasteiger partial charge in [0.1, 0.15) is 17.0 Å². The monoisotopic (exact) mass is 489 g/mol. The fourth-order valence-corrected chi connectivity index (χ4v) is 6.11. The molecule has 182 valence electrons. The second-order valence-electron chi connectivity index (χ2n) is 11.0. The van der Waals surface area contributed by atoms with Crippen molar-refractivity contribution in [1.82, 2.24) is 19.8 Å². The number of carbonyl (C=O) groups excluding carboxylic acids is 1. The molecule has 3 saturated heterocycles. The number of hydrogen-bond donors (Lipinski definition) is 0. The SMILES string of the molecule is CN1Cc2c(nc(N3CC4CCC(C3)N4C(=O)OC(C)(C)C)c3cnc(Cl)c(F)c23)C12COC2. The van der Waals surface area contributed by atoms with Crippen molar-refractivity contribution in [2.45, 2.75) is 63.4 Å². The molecule has 2 unspecified atom stereocenters. The van der Waals surface area contributed by atoms with E-state index in [1.807, 2.05) is 32.7 Å². The summed E-state index contributed by atoms with van der Waals surface area (Å²) in [6.07, 6.45) is 3.18. The van der Waals surface area contributed by atoms with Crippen LogP contribution in [0.3, 0.4) is 0 Å². The van der Waals surface area contributed by atoms with Crippen LogP contribution in [0.1, 0.15) is 44.9 Å². The Morgan fingerprint density at radius 1 is 1.26 bits per heavy atom. The van der Waals surface area contributed by atoms with E-state index in [1.54, 1.807) is 6.20 Å². The van der Waals surface area contributed by atoms with Crippen LogP contribution in [-0.4, -0.2) is 76.9 Å². The van der Waals surface area contributed by atoms with Gasteiger partial charge < -0.3 is 14.4 Å². The van der Waals surface area contributed by atoms with Gasteiger partial charge in [-0.2, -0.15) is 0 Å². The molecule has 10 heteroatoms. The third-order valence-electron chi connectivity index (χ3n) is 7.66. The van der Waals surface area contributed by atoms with Gasteiger partial charge in [0.15, 0.2) is 11.0 Å². The van der Waals surface area contributed by atoms with Crippen LogP contribution in [-0.2, 0) is 21.6 Å². The molecule has 2 atom stereocenters. The van der Waals surface area contributed by atoms with Crippen LogP contribution < -0.4 is 4.90 Å². The van der Waals surface area contributed by atoms with Gasteiger partial charge in [-0.3, -0.25) is 9.80 Å². The van der Waals surface area contributed by atoms with Crippen molar-refractivity contribution < 1.29 is 18.7 Å². The number of carbonyl (C=O) groups is 1. The molecule has 0 aromatic carbocycles. The number of fused-ring (bicyclic) bond motifs is 6. The maximum Gasteiger partial charge on any atom is 0.410 e. The Bertz CT molecular complexity index is 1180. The summed E-state index contributed by atoms with van der Waals surface area (Å²) >= 11 is 6.13. The minimum Gasteiger partial charge on any atom is -0.444 e. The molecule has 1 amide bonds. The molecule has 8 nitrogen and oxygen atoms in total. The van der Waals surface area contributed by atoms with Crippen LogP contribution in [0.4, 0.5) is 15.0 Å². The number of anilines is 1. The van der Waals surface area contributed by atoms with E-state index in [9.17, 15) is 4.79 Å². The predicted octanol–water partition coefficient (Wildman–Crippen LogP) is 3.68. The largest absolute Gasteiger partial charge is 0.444 e. The quantitative estimate of drug-likeness (QED) is 0.566. The summed E-state index contributed by atoms with van der Waals surface area (Å²) in [4.78, 5) is 28.4. The molecule has 4 aliphatic heterocycles. The summed E-state index contributed by atoms with van der Waals surface area (Å²) in [7, 11) is 2.02. The lowest BCUT2D eigenvalue weighted by Gasteiger charge is -2.44. The number of aromatic nitrogens is 2. The third kappa shape index (κ3) is 3.13. The zero-order valence-corrected chi connectivity index (χ0v) is 20.7. The molecule has 4 aliphatic rings. The third-order valence-corrected chi connectivity index (χ3v) is 7.92. The number of hydrogen-bond acceptors (Lipinski definition) is 7. The van der Waals surface area contributed by atoms with Crippen LogP contribution in [0.15, 0.2) is 6.20 Å². The number of piperazine rings is 1. The van der Waals surface area contributed by atoms with Crippen LogP contribution in [0.5, 0.6) is 0 Å². The topological polar surface area (TPSA) is 71.0 Å². The van der Waals surface area contributed by atoms with Crippen molar-refractivity contribution in [1.29, 1.82) is 0 Å². The van der Waals surface area contributed by atoms with Crippen LogP contribution in [0.25, 0.3) is 10.8 Å². The Morgan fingerprint density at radius 2 is 1.94 bits per heavy atom. The minimum absolute atomic E-state index is 0.0208. The Hall–Kier alpha value is -2.23. The van der Waals surface area contributed by atoms with E-state index in [4.69, 9.17) is 26.1 Å². The number of rotatable bonds is 1.